The first-order valence-corrected chi connectivity index (χ1v) is 10.4. The molecule has 1 rings (SSSR count). The lowest BCUT2D eigenvalue weighted by Gasteiger charge is -2.31. The number of nitrogens with zero attached hydrogens (tertiary/aromatic N) is 1. The van der Waals surface area contributed by atoms with Crippen LogP contribution >= 0.6 is 0 Å². The predicted molar refractivity (Wildman–Crippen MR) is 112 cm³/mol. The average Bonchev–Trinajstić information content (AvgIpc) is 2.90. The number of rotatable bonds is 13. The number of ether oxygens (including phenoxy) is 2. The van der Waals surface area contributed by atoms with Crippen LogP contribution in [-0.2, 0) is 23.9 Å². The van der Waals surface area contributed by atoms with Crippen molar-refractivity contribution >= 4 is 17.7 Å². The van der Waals surface area contributed by atoms with Gasteiger partial charge in [-0.15, -0.1) is 0 Å². The van der Waals surface area contributed by atoms with Gasteiger partial charge in [-0.25, -0.2) is 0 Å². The molecule has 3 amide bonds. The van der Waals surface area contributed by atoms with Crippen molar-refractivity contribution in [1.82, 2.24) is 10.2 Å². The van der Waals surface area contributed by atoms with E-state index in [1.165, 1.54) is 17.1 Å². The zero-order valence-electron chi connectivity index (χ0n) is 19.1. The molecule has 0 saturated carbocycles. The van der Waals surface area contributed by atoms with Crippen LogP contribution in [0.5, 0.6) is 0 Å². The lowest BCUT2D eigenvalue weighted by molar-refractivity contribution is -0.137. The number of carbonyl (C=O) groups excluding carboxylic acids is 3. The third-order valence-electron chi connectivity index (χ3n) is 5.22. The summed E-state index contributed by atoms with van der Waals surface area (Å²) in [6.07, 6.45) is 5.00. The van der Waals surface area contributed by atoms with E-state index in [2.05, 4.69) is 5.32 Å². The largest absolute Gasteiger partial charge is 0.375 e. The van der Waals surface area contributed by atoms with Crippen LogP contribution in [0.2, 0.25) is 0 Å². The van der Waals surface area contributed by atoms with E-state index in [0.717, 1.165) is 6.42 Å². The Morgan fingerprint density at radius 3 is 2.00 bits per heavy atom. The number of hydrogen-bond acceptors (Lipinski definition) is 5. The molecule has 166 valence electrons. The summed E-state index contributed by atoms with van der Waals surface area (Å²) < 4.78 is 11.9. The summed E-state index contributed by atoms with van der Waals surface area (Å²) in [4.78, 5) is 36.5. The van der Waals surface area contributed by atoms with Gasteiger partial charge in [0, 0.05) is 24.2 Å². The van der Waals surface area contributed by atoms with Crippen LogP contribution in [0.25, 0.3) is 0 Å². The summed E-state index contributed by atoms with van der Waals surface area (Å²) >= 11 is 0. The van der Waals surface area contributed by atoms with Crippen molar-refractivity contribution in [2.45, 2.75) is 90.9 Å². The number of imide groups is 1. The fourth-order valence-electron chi connectivity index (χ4n) is 2.70. The maximum absolute atomic E-state index is 12.0. The van der Waals surface area contributed by atoms with Gasteiger partial charge in [0.2, 0.25) is 5.91 Å². The Hall–Kier alpha value is -1.73. The highest BCUT2D eigenvalue weighted by Crippen LogP contribution is 2.21. The highest BCUT2D eigenvalue weighted by Gasteiger charge is 2.28. The summed E-state index contributed by atoms with van der Waals surface area (Å²) in [6, 6.07) is 0. The Bertz CT molecular complexity index is 605. The van der Waals surface area contributed by atoms with Crippen molar-refractivity contribution in [1.29, 1.82) is 0 Å². The Labute approximate surface area is 175 Å². The SMILES string of the molecule is CCC(C)(C)NC(=O)CCOC(C)(C)CCOC(C)(C)CCN1C(=O)C=CC1=O. The fraction of sp³-hybridized carbons (Fsp3) is 0.773. The molecule has 7 heteroatoms. The van der Waals surface area contributed by atoms with E-state index in [4.69, 9.17) is 9.47 Å². The quantitative estimate of drug-likeness (QED) is 0.472. The molecule has 0 atom stereocenters. The average molecular weight is 411 g/mol. The van der Waals surface area contributed by atoms with E-state index < -0.39 is 11.2 Å². The molecule has 0 aromatic heterocycles. The minimum Gasteiger partial charge on any atom is -0.375 e. The first-order chi connectivity index (χ1) is 13.3. The zero-order chi connectivity index (χ0) is 22.3. The minimum absolute atomic E-state index is 0.00877. The normalized spacial score (nSPS) is 15.3. The summed E-state index contributed by atoms with van der Waals surface area (Å²) in [5, 5.41) is 3.00. The molecule has 0 aliphatic carbocycles. The fourth-order valence-corrected chi connectivity index (χ4v) is 2.70. The molecule has 0 bridgehead atoms. The molecule has 1 N–H and O–H groups in total. The number of nitrogens with one attached hydrogen (secondary N) is 1. The van der Waals surface area contributed by atoms with Crippen LogP contribution in [0.4, 0.5) is 0 Å². The van der Waals surface area contributed by atoms with E-state index >= 15 is 0 Å². The van der Waals surface area contributed by atoms with Crippen LogP contribution < -0.4 is 5.32 Å². The van der Waals surface area contributed by atoms with Crippen molar-refractivity contribution in [3.63, 3.8) is 0 Å². The molecule has 7 nitrogen and oxygen atoms in total. The highest BCUT2D eigenvalue weighted by molar-refractivity contribution is 6.12. The molecule has 29 heavy (non-hydrogen) atoms. The zero-order valence-corrected chi connectivity index (χ0v) is 19.1. The molecular formula is C22H38N2O5. The smallest absolute Gasteiger partial charge is 0.253 e. The predicted octanol–water partition coefficient (Wildman–Crippen LogP) is 2.98. The van der Waals surface area contributed by atoms with Crippen molar-refractivity contribution in [2.75, 3.05) is 19.8 Å². The molecule has 1 aliphatic rings. The summed E-state index contributed by atoms with van der Waals surface area (Å²) in [6.45, 7) is 15.1. The van der Waals surface area contributed by atoms with Gasteiger partial charge in [0.15, 0.2) is 0 Å². The van der Waals surface area contributed by atoms with Crippen LogP contribution in [0.1, 0.15) is 74.1 Å². The van der Waals surface area contributed by atoms with Crippen LogP contribution in [-0.4, -0.2) is 59.1 Å². The first kappa shape index (κ1) is 25.3. The number of carbonyl (C=O) groups is 3. The van der Waals surface area contributed by atoms with Crippen LogP contribution in [0, 0.1) is 0 Å². The molecule has 1 heterocycles. The van der Waals surface area contributed by atoms with Crippen molar-refractivity contribution in [3.05, 3.63) is 12.2 Å². The second-order valence-electron chi connectivity index (χ2n) is 9.41. The van der Waals surface area contributed by atoms with Crippen molar-refractivity contribution in [2.24, 2.45) is 0 Å². The standard InChI is InChI=1S/C22H38N2O5/c1-8-20(2,3)23-17(25)11-15-28-22(6,7)13-16-29-21(4,5)12-14-24-18(26)9-10-19(24)27/h9-10H,8,11-16H2,1-7H3,(H,23,25). The van der Waals surface area contributed by atoms with Gasteiger partial charge in [-0.2, -0.15) is 0 Å². The summed E-state index contributed by atoms with van der Waals surface area (Å²) in [7, 11) is 0. The Morgan fingerprint density at radius 2 is 1.45 bits per heavy atom. The molecule has 0 unspecified atom stereocenters. The topological polar surface area (TPSA) is 84.9 Å². The number of hydrogen-bond donors (Lipinski definition) is 1. The molecule has 0 aromatic rings. The molecule has 0 saturated heterocycles. The van der Waals surface area contributed by atoms with Gasteiger partial charge in [0.05, 0.1) is 30.8 Å². The lowest BCUT2D eigenvalue weighted by Crippen LogP contribution is -2.43. The van der Waals surface area contributed by atoms with Crippen molar-refractivity contribution in [3.8, 4) is 0 Å². The molecule has 0 radical (unpaired) electrons. The molecule has 0 fully saturated rings. The van der Waals surface area contributed by atoms with Crippen LogP contribution in [0.15, 0.2) is 12.2 Å². The maximum atomic E-state index is 12.0. The van der Waals surface area contributed by atoms with Gasteiger partial charge in [0.25, 0.3) is 11.8 Å². The van der Waals surface area contributed by atoms with Gasteiger partial charge in [-0.05, 0) is 60.8 Å². The minimum atomic E-state index is -0.467. The summed E-state index contributed by atoms with van der Waals surface area (Å²) in [5.41, 5.74) is -1.08. The van der Waals surface area contributed by atoms with Crippen LogP contribution in [0.3, 0.4) is 0 Å². The lowest BCUT2D eigenvalue weighted by atomic mass is 10.0. The maximum Gasteiger partial charge on any atom is 0.253 e. The van der Waals surface area contributed by atoms with E-state index in [1.54, 1.807) is 0 Å². The van der Waals surface area contributed by atoms with Gasteiger partial charge in [-0.1, -0.05) is 6.92 Å². The molecule has 1 aliphatic heterocycles. The second-order valence-corrected chi connectivity index (χ2v) is 9.41. The monoisotopic (exact) mass is 410 g/mol. The van der Waals surface area contributed by atoms with E-state index in [9.17, 15) is 14.4 Å². The Balaban J connectivity index is 2.29. The van der Waals surface area contributed by atoms with E-state index in [0.29, 0.717) is 39.0 Å². The van der Waals surface area contributed by atoms with Gasteiger partial charge in [-0.3, -0.25) is 19.3 Å². The Kier molecular flexibility index (Phi) is 9.03. The van der Waals surface area contributed by atoms with Gasteiger partial charge >= 0.3 is 0 Å². The Morgan fingerprint density at radius 1 is 0.931 bits per heavy atom. The van der Waals surface area contributed by atoms with Gasteiger partial charge < -0.3 is 14.8 Å². The third-order valence-corrected chi connectivity index (χ3v) is 5.22. The first-order valence-electron chi connectivity index (χ1n) is 10.4. The van der Waals surface area contributed by atoms with Gasteiger partial charge in [0.1, 0.15) is 0 Å². The second kappa shape index (κ2) is 10.3. The number of amides is 3. The van der Waals surface area contributed by atoms with E-state index in [-0.39, 0.29) is 23.3 Å². The highest BCUT2D eigenvalue weighted by atomic mass is 16.5. The molecule has 0 aromatic carbocycles. The summed E-state index contributed by atoms with van der Waals surface area (Å²) in [5.74, 6) is -0.552. The third kappa shape index (κ3) is 9.54. The van der Waals surface area contributed by atoms with E-state index in [1.807, 2.05) is 48.5 Å². The molecule has 0 spiro atoms. The molecular weight excluding hydrogens is 372 g/mol. The van der Waals surface area contributed by atoms with Crippen molar-refractivity contribution < 1.29 is 23.9 Å².